The first-order valence-electron chi connectivity index (χ1n) is 4.79. The van der Waals surface area contributed by atoms with Gasteiger partial charge in [0.2, 0.25) is 0 Å². The number of nitrogens with zero attached hydrogens (tertiary/aromatic N) is 1. The van der Waals surface area contributed by atoms with Crippen molar-refractivity contribution < 1.29 is 9.53 Å². The molecular formula is C11H15NO2. The summed E-state index contributed by atoms with van der Waals surface area (Å²) in [5, 5.41) is 0. The van der Waals surface area contributed by atoms with Crippen molar-refractivity contribution >= 4 is 5.97 Å². The molecule has 1 aromatic rings. The first-order chi connectivity index (χ1) is 6.74. The summed E-state index contributed by atoms with van der Waals surface area (Å²) in [5.74, 6) is 0.0200. The van der Waals surface area contributed by atoms with E-state index in [1.807, 2.05) is 26.0 Å². The Balaban J connectivity index is 2.50. The number of esters is 1. The molecule has 76 valence electrons. The standard InChI is InChI=1S/C11H15NO2/c1-3-14-11(13)7-9(2)10-5-4-6-12-8-10/h4-6,8-9H,3,7H2,1-2H3. The highest BCUT2D eigenvalue weighted by Gasteiger charge is 2.11. The highest BCUT2D eigenvalue weighted by atomic mass is 16.5. The van der Waals surface area contributed by atoms with Gasteiger partial charge in [-0.25, -0.2) is 0 Å². The van der Waals surface area contributed by atoms with Crippen molar-refractivity contribution in [1.82, 2.24) is 4.98 Å². The molecule has 1 atom stereocenters. The molecule has 0 aliphatic carbocycles. The van der Waals surface area contributed by atoms with Gasteiger partial charge in [-0.05, 0) is 24.5 Å². The summed E-state index contributed by atoms with van der Waals surface area (Å²) in [6.45, 7) is 4.25. The Morgan fingerprint density at radius 1 is 1.64 bits per heavy atom. The molecule has 0 aromatic carbocycles. The van der Waals surface area contributed by atoms with Crippen LogP contribution in [-0.4, -0.2) is 17.6 Å². The number of hydrogen-bond acceptors (Lipinski definition) is 3. The highest BCUT2D eigenvalue weighted by molar-refractivity contribution is 5.70. The molecule has 1 rings (SSSR count). The van der Waals surface area contributed by atoms with Crippen LogP contribution >= 0.6 is 0 Å². The highest BCUT2D eigenvalue weighted by Crippen LogP contribution is 2.17. The zero-order chi connectivity index (χ0) is 10.4. The maximum Gasteiger partial charge on any atom is 0.306 e. The predicted octanol–water partition coefficient (Wildman–Crippen LogP) is 2.14. The Morgan fingerprint density at radius 3 is 3.00 bits per heavy atom. The average molecular weight is 193 g/mol. The zero-order valence-corrected chi connectivity index (χ0v) is 8.56. The lowest BCUT2D eigenvalue weighted by atomic mass is 10.00. The van der Waals surface area contributed by atoms with Crippen LogP contribution in [-0.2, 0) is 9.53 Å². The van der Waals surface area contributed by atoms with E-state index in [1.54, 1.807) is 12.4 Å². The quantitative estimate of drug-likeness (QED) is 0.688. The predicted molar refractivity (Wildman–Crippen MR) is 53.9 cm³/mol. The topological polar surface area (TPSA) is 39.2 Å². The minimum Gasteiger partial charge on any atom is -0.466 e. The van der Waals surface area contributed by atoms with Crippen LogP contribution in [0.5, 0.6) is 0 Å². The van der Waals surface area contributed by atoms with Crippen molar-refractivity contribution in [3.8, 4) is 0 Å². The monoisotopic (exact) mass is 193 g/mol. The van der Waals surface area contributed by atoms with E-state index in [1.165, 1.54) is 0 Å². The van der Waals surface area contributed by atoms with Gasteiger partial charge >= 0.3 is 5.97 Å². The largest absolute Gasteiger partial charge is 0.466 e. The third kappa shape index (κ3) is 3.17. The average Bonchev–Trinajstić information content (AvgIpc) is 2.19. The zero-order valence-electron chi connectivity index (χ0n) is 8.56. The van der Waals surface area contributed by atoms with Crippen molar-refractivity contribution in [2.45, 2.75) is 26.2 Å². The van der Waals surface area contributed by atoms with E-state index in [-0.39, 0.29) is 11.9 Å². The van der Waals surface area contributed by atoms with Crippen LogP contribution in [0, 0.1) is 0 Å². The number of ether oxygens (including phenoxy) is 1. The summed E-state index contributed by atoms with van der Waals surface area (Å²) in [6.07, 6.45) is 3.92. The van der Waals surface area contributed by atoms with Crippen molar-refractivity contribution in [2.24, 2.45) is 0 Å². The molecule has 0 spiro atoms. The van der Waals surface area contributed by atoms with E-state index in [2.05, 4.69) is 4.98 Å². The van der Waals surface area contributed by atoms with E-state index >= 15 is 0 Å². The second-order valence-corrected chi connectivity index (χ2v) is 3.20. The lowest BCUT2D eigenvalue weighted by molar-refractivity contribution is -0.143. The van der Waals surface area contributed by atoms with Crippen LogP contribution in [0.15, 0.2) is 24.5 Å². The van der Waals surface area contributed by atoms with E-state index in [0.717, 1.165) is 5.56 Å². The fourth-order valence-electron chi connectivity index (χ4n) is 1.26. The Morgan fingerprint density at radius 2 is 2.43 bits per heavy atom. The van der Waals surface area contributed by atoms with Crippen LogP contribution < -0.4 is 0 Å². The lowest BCUT2D eigenvalue weighted by Crippen LogP contribution is -2.08. The van der Waals surface area contributed by atoms with Crippen LogP contribution in [0.2, 0.25) is 0 Å². The van der Waals surface area contributed by atoms with Gasteiger partial charge in [0.1, 0.15) is 0 Å². The second kappa shape index (κ2) is 5.37. The number of carbonyl (C=O) groups excluding carboxylic acids is 1. The molecule has 14 heavy (non-hydrogen) atoms. The van der Waals surface area contributed by atoms with Crippen LogP contribution in [0.25, 0.3) is 0 Å². The Kier molecular flexibility index (Phi) is 4.11. The molecule has 0 aliphatic rings. The summed E-state index contributed by atoms with van der Waals surface area (Å²) in [7, 11) is 0. The smallest absolute Gasteiger partial charge is 0.306 e. The molecule has 1 unspecified atom stereocenters. The SMILES string of the molecule is CCOC(=O)CC(C)c1cccnc1. The Hall–Kier alpha value is -1.38. The summed E-state index contributed by atoms with van der Waals surface area (Å²) in [5.41, 5.74) is 1.07. The van der Waals surface area contributed by atoms with Gasteiger partial charge in [-0.15, -0.1) is 0 Å². The van der Waals surface area contributed by atoms with E-state index in [4.69, 9.17) is 4.74 Å². The van der Waals surface area contributed by atoms with Crippen molar-refractivity contribution in [3.05, 3.63) is 30.1 Å². The van der Waals surface area contributed by atoms with Gasteiger partial charge in [0.25, 0.3) is 0 Å². The lowest BCUT2D eigenvalue weighted by Gasteiger charge is -2.09. The van der Waals surface area contributed by atoms with Crippen molar-refractivity contribution in [3.63, 3.8) is 0 Å². The normalized spacial score (nSPS) is 12.1. The van der Waals surface area contributed by atoms with Gasteiger partial charge in [0.05, 0.1) is 13.0 Å². The molecule has 3 nitrogen and oxygen atoms in total. The summed E-state index contributed by atoms with van der Waals surface area (Å²) in [6, 6.07) is 3.84. The first kappa shape index (κ1) is 10.7. The minimum atomic E-state index is -0.149. The molecule has 0 fully saturated rings. The molecule has 1 heterocycles. The third-order valence-corrected chi connectivity index (χ3v) is 2.03. The molecule has 0 saturated carbocycles. The number of rotatable bonds is 4. The van der Waals surface area contributed by atoms with Gasteiger partial charge in [-0.3, -0.25) is 9.78 Å². The van der Waals surface area contributed by atoms with Crippen molar-refractivity contribution in [2.75, 3.05) is 6.61 Å². The molecule has 3 heteroatoms. The molecule has 0 aliphatic heterocycles. The molecule has 0 bridgehead atoms. The van der Waals surface area contributed by atoms with Gasteiger partial charge in [-0.2, -0.15) is 0 Å². The molecule has 0 saturated heterocycles. The van der Waals surface area contributed by atoms with Crippen LogP contribution in [0.1, 0.15) is 31.7 Å². The van der Waals surface area contributed by atoms with E-state index in [9.17, 15) is 4.79 Å². The molecule has 0 amide bonds. The Labute approximate surface area is 84.1 Å². The first-order valence-corrected chi connectivity index (χ1v) is 4.79. The van der Waals surface area contributed by atoms with Gasteiger partial charge in [-0.1, -0.05) is 13.0 Å². The second-order valence-electron chi connectivity index (χ2n) is 3.20. The van der Waals surface area contributed by atoms with Gasteiger partial charge in [0, 0.05) is 12.4 Å². The van der Waals surface area contributed by atoms with E-state index < -0.39 is 0 Å². The Bertz CT molecular complexity index is 285. The van der Waals surface area contributed by atoms with Crippen LogP contribution in [0.3, 0.4) is 0 Å². The number of hydrogen-bond donors (Lipinski definition) is 0. The summed E-state index contributed by atoms with van der Waals surface area (Å²) >= 11 is 0. The maximum atomic E-state index is 11.2. The molecule has 0 N–H and O–H groups in total. The molecule has 1 aromatic heterocycles. The molecular weight excluding hydrogens is 178 g/mol. The van der Waals surface area contributed by atoms with Crippen LogP contribution in [0.4, 0.5) is 0 Å². The number of aromatic nitrogens is 1. The fourth-order valence-corrected chi connectivity index (χ4v) is 1.26. The fraction of sp³-hybridized carbons (Fsp3) is 0.455. The van der Waals surface area contributed by atoms with Gasteiger partial charge in [0.15, 0.2) is 0 Å². The number of carbonyl (C=O) groups is 1. The van der Waals surface area contributed by atoms with Crippen molar-refractivity contribution in [1.29, 1.82) is 0 Å². The third-order valence-electron chi connectivity index (χ3n) is 2.03. The maximum absolute atomic E-state index is 11.2. The molecule has 0 radical (unpaired) electrons. The summed E-state index contributed by atoms with van der Waals surface area (Å²) in [4.78, 5) is 15.2. The summed E-state index contributed by atoms with van der Waals surface area (Å²) < 4.78 is 4.87. The van der Waals surface area contributed by atoms with E-state index in [0.29, 0.717) is 13.0 Å². The minimum absolute atomic E-state index is 0.149. The number of pyridine rings is 1. The van der Waals surface area contributed by atoms with Gasteiger partial charge < -0.3 is 4.74 Å².